The molecule has 5 heteroatoms. The van der Waals surface area contributed by atoms with Gasteiger partial charge in [-0.1, -0.05) is 50.2 Å². The van der Waals surface area contributed by atoms with Crippen LogP contribution < -0.4 is 5.06 Å². The summed E-state index contributed by atoms with van der Waals surface area (Å²) in [4.78, 5) is 0. The van der Waals surface area contributed by atoms with Crippen LogP contribution in [-0.2, 0) is 16.8 Å². The largest absolute Gasteiger partial charge is 0.418 e. The maximum atomic E-state index is 13.0. The molecule has 0 N–H and O–H groups in total. The number of halogens is 3. The summed E-state index contributed by atoms with van der Waals surface area (Å²) in [5.74, 6) is 0. The van der Waals surface area contributed by atoms with Crippen molar-refractivity contribution < 1.29 is 18.4 Å². The first kappa shape index (κ1) is 16.4. The Hall–Kier alpha value is -2.01. The second kappa shape index (κ2) is 5.65. The van der Waals surface area contributed by atoms with E-state index in [0.29, 0.717) is 5.06 Å². The maximum absolute atomic E-state index is 13.0. The van der Waals surface area contributed by atoms with Crippen LogP contribution in [0.15, 0.2) is 48.5 Å². The Kier molecular flexibility index (Phi) is 4.20. The summed E-state index contributed by atoms with van der Waals surface area (Å²) < 4.78 is 38.9. The summed E-state index contributed by atoms with van der Waals surface area (Å²) in [6.45, 7) is 6.07. The van der Waals surface area contributed by atoms with Crippen molar-refractivity contribution in [3.8, 4) is 0 Å². The first-order valence-corrected chi connectivity index (χ1v) is 6.85. The van der Waals surface area contributed by atoms with Crippen LogP contribution in [0.4, 0.5) is 24.5 Å². The molecule has 0 atom stereocenters. The quantitative estimate of drug-likeness (QED) is 0.673. The zero-order chi connectivity index (χ0) is 16.5. The monoisotopic (exact) mass is 308 g/mol. The normalized spacial score (nSPS) is 12.3. The van der Waals surface area contributed by atoms with Crippen molar-refractivity contribution in [1.82, 2.24) is 0 Å². The highest BCUT2D eigenvalue weighted by molar-refractivity contribution is 5.64. The van der Waals surface area contributed by atoms with Gasteiger partial charge >= 0.3 is 6.18 Å². The Bertz CT molecular complexity index is 642. The predicted octanol–water partition coefficient (Wildman–Crippen LogP) is 5.49. The SMILES string of the molecule is CC(C)(C)c1ccc(N([O])c2ccccc2C(F)(F)F)cc1. The number of benzene rings is 2. The van der Waals surface area contributed by atoms with Gasteiger partial charge in [-0.25, -0.2) is 0 Å². The molecule has 0 fully saturated rings. The molecule has 0 amide bonds. The zero-order valence-electron chi connectivity index (χ0n) is 12.6. The number of rotatable bonds is 2. The Balaban J connectivity index is 2.39. The first-order valence-electron chi connectivity index (χ1n) is 6.85. The molecule has 0 saturated carbocycles. The van der Waals surface area contributed by atoms with Gasteiger partial charge < -0.3 is 0 Å². The van der Waals surface area contributed by atoms with Gasteiger partial charge in [0.1, 0.15) is 0 Å². The van der Waals surface area contributed by atoms with Gasteiger partial charge in [-0.2, -0.15) is 18.2 Å². The number of alkyl halides is 3. The van der Waals surface area contributed by atoms with Crippen molar-refractivity contribution in [2.24, 2.45) is 0 Å². The van der Waals surface area contributed by atoms with Crippen LogP contribution in [0, 0.1) is 0 Å². The molecule has 0 spiro atoms. The second-order valence-corrected chi connectivity index (χ2v) is 6.11. The number of nitrogens with zero attached hydrogens (tertiary/aromatic N) is 1. The third-order valence-corrected chi connectivity index (χ3v) is 3.40. The minimum atomic E-state index is -4.56. The summed E-state index contributed by atoms with van der Waals surface area (Å²) in [5.41, 5.74) is -0.252. The average molecular weight is 308 g/mol. The average Bonchev–Trinajstić information content (AvgIpc) is 2.45. The molecule has 0 unspecified atom stereocenters. The van der Waals surface area contributed by atoms with E-state index in [4.69, 9.17) is 0 Å². The van der Waals surface area contributed by atoms with E-state index in [9.17, 15) is 18.4 Å². The van der Waals surface area contributed by atoms with Crippen molar-refractivity contribution in [3.05, 3.63) is 59.7 Å². The van der Waals surface area contributed by atoms with E-state index in [0.717, 1.165) is 11.6 Å². The number of anilines is 2. The molecular weight excluding hydrogens is 291 g/mol. The molecule has 2 rings (SSSR count). The summed E-state index contributed by atoms with van der Waals surface area (Å²) in [5, 5.41) is 12.6. The smallest absolute Gasteiger partial charge is 0.188 e. The lowest BCUT2D eigenvalue weighted by atomic mass is 9.87. The molecule has 2 aromatic carbocycles. The van der Waals surface area contributed by atoms with Crippen LogP contribution in [0.2, 0.25) is 0 Å². The van der Waals surface area contributed by atoms with E-state index in [1.54, 1.807) is 24.3 Å². The molecule has 0 aromatic heterocycles. The van der Waals surface area contributed by atoms with Crippen LogP contribution in [0.1, 0.15) is 31.9 Å². The molecule has 0 heterocycles. The van der Waals surface area contributed by atoms with Gasteiger partial charge in [0.25, 0.3) is 0 Å². The number of para-hydroxylation sites is 1. The molecule has 117 valence electrons. The van der Waals surface area contributed by atoms with Crippen molar-refractivity contribution in [3.63, 3.8) is 0 Å². The molecule has 2 aromatic rings. The molecule has 1 radical (unpaired) electrons. The second-order valence-electron chi connectivity index (χ2n) is 6.11. The van der Waals surface area contributed by atoms with Gasteiger partial charge in [0, 0.05) is 0 Å². The zero-order valence-corrected chi connectivity index (χ0v) is 12.6. The molecule has 2 nitrogen and oxygen atoms in total. The van der Waals surface area contributed by atoms with Gasteiger partial charge in [0.15, 0.2) is 0 Å². The van der Waals surface area contributed by atoms with Gasteiger partial charge in [-0.05, 0) is 35.2 Å². The van der Waals surface area contributed by atoms with Crippen LogP contribution in [0.5, 0.6) is 0 Å². The molecule has 0 aliphatic rings. The molecule has 0 aliphatic carbocycles. The lowest BCUT2D eigenvalue weighted by Gasteiger charge is -2.22. The number of hydrogen-bond donors (Lipinski definition) is 0. The highest BCUT2D eigenvalue weighted by atomic mass is 19.4. The van der Waals surface area contributed by atoms with Crippen LogP contribution in [0.25, 0.3) is 0 Å². The number of hydrogen-bond acceptors (Lipinski definition) is 1. The maximum Gasteiger partial charge on any atom is 0.418 e. The first-order chi connectivity index (χ1) is 10.1. The van der Waals surface area contributed by atoms with Crippen molar-refractivity contribution >= 4 is 11.4 Å². The van der Waals surface area contributed by atoms with E-state index >= 15 is 0 Å². The summed E-state index contributed by atoms with van der Waals surface area (Å²) in [7, 11) is 0. The fraction of sp³-hybridized carbons (Fsp3) is 0.294. The summed E-state index contributed by atoms with van der Waals surface area (Å²) in [6.07, 6.45) is -4.56. The molecule has 0 aliphatic heterocycles. The van der Waals surface area contributed by atoms with Crippen molar-refractivity contribution in [2.45, 2.75) is 32.4 Å². The van der Waals surface area contributed by atoms with Crippen molar-refractivity contribution in [2.75, 3.05) is 5.06 Å². The van der Waals surface area contributed by atoms with Crippen LogP contribution >= 0.6 is 0 Å². The highest BCUT2D eigenvalue weighted by Gasteiger charge is 2.35. The Labute approximate surface area is 127 Å². The topological polar surface area (TPSA) is 23.1 Å². The van der Waals surface area contributed by atoms with E-state index < -0.39 is 17.4 Å². The van der Waals surface area contributed by atoms with E-state index in [2.05, 4.69) is 0 Å². The van der Waals surface area contributed by atoms with E-state index in [1.807, 2.05) is 20.8 Å². The Morgan fingerprint density at radius 3 is 1.91 bits per heavy atom. The van der Waals surface area contributed by atoms with E-state index in [1.165, 1.54) is 18.2 Å². The molecule has 22 heavy (non-hydrogen) atoms. The fourth-order valence-electron chi connectivity index (χ4n) is 2.13. The summed E-state index contributed by atoms with van der Waals surface area (Å²) >= 11 is 0. The van der Waals surface area contributed by atoms with Gasteiger partial charge in [0.05, 0.1) is 16.9 Å². The minimum absolute atomic E-state index is 0.0872. The predicted molar refractivity (Wildman–Crippen MR) is 79.4 cm³/mol. The molecular formula is C17H17F3NO. The van der Waals surface area contributed by atoms with E-state index in [-0.39, 0.29) is 11.1 Å². The van der Waals surface area contributed by atoms with Crippen LogP contribution in [-0.4, -0.2) is 0 Å². The third-order valence-electron chi connectivity index (χ3n) is 3.40. The Morgan fingerprint density at radius 2 is 1.41 bits per heavy atom. The summed E-state index contributed by atoms with van der Waals surface area (Å²) in [6, 6.07) is 11.4. The van der Waals surface area contributed by atoms with Gasteiger partial charge in [-0.3, -0.25) is 0 Å². The Morgan fingerprint density at radius 1 is 0.864 bits per heavy atom. The van der Waals surface area contributed by atoms with Gasteiger partial charge in [0.2, 0.25) is 0 Å². The molecule has 0 bridgehead atoms. The van der Waals surface area contributed by atoms with Gasteiger partial charge in [-0.15, -0.1) is 0 Å². The minimum Gasteiger partial charge on any atom is -0.188 e. The standard InChI is InChI=1S/C17H17F3NO/c1-16(2,3)12-8-10-13(11-9-12)21(22)15-7-5-4-6-14(15)17(18,19)20/h4-11H,1-3H3. The highest BCUT2D eigenvalue weighted by Crippen LogP contribution is 2.38. The van der Waals surface area contributed by atoms with Crippen molar-refractivity contribution in [1.29, 1.82) is 0 Å². The third kappa shape index (κ3) is 3.42. The fourth-order valence-corrected chi connectivity index (χ4v) is 2.13. The lowest BCUT2D eigenvalue weighted by Crippen LogP contribution is -2.16. The lowest BCUT2D eigenvalue weighted by molar-refractivity contribution is -0.137. The van der Waals surface area contributed by atoms with Crippen LogP contribution in [0.3, 0.4) is 0 Å². The molecule has 0 saturated heterocycles.